The van der Waals surface area contributed by atoms with Crippen LogP contribution in [0.1, 0.15) is 17.7 Å². The smallest absolute Gasteiger partial charge is 0.225 e. The molecule has 0 bridgehead atoms. The molecule has 0 radical (unpaired) electrons. The number of hydrogen-bond acceptors (Lipinski definition) is 4. The van der Waals surface area contributed by atoms with Crippen molar-refractivity contribution in [3.8, 4) is 0 Å². The molecule has 2 heterocycles. The Morgan fingerprint density at radius 1 is 1.45 bits per heavy atom. The second kappa shape index (κ2) is 7.20. The van der Waals surface area contributed by atoms with Crippen LogP contribution in [0.3, 0.4) is 0 Å². The molecular weight excluding hydrogens is 272 g/mol. The molecule has 2 rings (SSSR count). The number of nitrogens with one attached hydrogen (secondary N) is 1. The first kappa shape index (κ1) is 15.5. The summed E-state index contributed by atoms with van der Waals surface area (Å²) in [5.74, 6) is 0.122. The molecule has 20 heavy (non-hydrogen) atoms. The third-order valence-electron chi connectivity index (χ3n) is 3.78. The van der Waals surface area contributed by atoms with E-state index in [4.69, 9.17) is 4.74 Å². The summed E-state index contributed by atoms with van der Waals surface area (Å²) in [6.07, 6.45) is 2.53. The maximum Gasteiger partial charge on any atom is 0.225 e. The van der Waals surface area contributed by atoms with E-state index in [2.05, 4.69) is 24.3 Å². The van der Waals surface area contributed by atoms with Gasteiger partial charge < -0.3 is 15.0 Å². The van der Waals surface area contributed by atoms with Crippen LogP contribution in [0.2, 0.25) is 0 Å². The van der Waals surface area contributed by atoms with Crippen molar-refractivity contribution in [2.45, 2.75) is 19.3 Å². The maximum absolute atomic E-state index is 12.0. The lowest BCUT2D eigenvalue weighted by molar-refractivity contribution is -0.121. The summed E-state index contributed by atoms with van der Waals surface area (Å²) in [7, 11) is 4.18. The molecule has 0 atom stereocenters. The average molecular weight is 296 g/mol. The van der Waals surface area contributed by atoms with Gasteiger partial charge in [0.15, 0.2) is 0 Å². The Morgan fingerprint density at radius 2 is 2.20 bits per heavy atom. The van der Waals surface area contributed by atoms with Crippen LogP contribution in [0, 0.1) is 5.41 Å². The summed E-state index contributed by atoms with van der Waals surface area (Å²) in [5.41, 5.74) is 0.160. The van der Waals surface area contributed by atoms with Gasteiger partial charge in [-0.25, -0.2) is 0 Å². The highest BCUT2D eigenvalue weighted by molar-refractivity contribution is 7.10. The highest BCUT2D eigenvalue weighted by Gasteiger charge is 2.33. The van der Waals surface area contributed by atoms with E-state index in [0.717, 1.165) is 44.0 Å². The van der Waals surface area contributed by atoms with Crippen LogP contribution in [0.15, 0.2) is 17.5 Å². The monoisotopic (exact) mass is 296 g/mol. The molecule has 1 aliphatic heterocycles. The number of amides is 1. The highest BCUT2D eigenvalue weighted by Crippen LogP contribution is 2.30. The van der Waals surface area contributed by atoms with Crippen molar-refractivity contribution >= 4 is 17.2 Å². The summed E-state index contributed by atoms with van der Waals surface area (Å²) in [6.45, 7) is 3.34. The summed E-state index contributed by atoms with van der Waals surface area (Å²) < 4.78 is 5.47. The molecule has 0 spiro atoms. The van der Waals surface area contributed by atoms with E-state index >= 15 is 0 Å². The lowest BCUT2D eigenvalue weighted by Crippen LogP contribution is -2.47. The molecule has 0 aliphatic carbocycles. The average Bonchev–Trinajstić information content (AvgIpc) is 2.90. The minimum atomic E-state index is 0.122. The van der Waals surface area contributed by atoms with Crippen LogP contribution >= 0.6 is 11.3 Å². The quantitative estimate of drug-likeness (QED) is 0.870. The molecule has 1 aliphatic rings. The summed E-state index contributed by atoms with van der Waals surface area (Å²) in [5, 5.41) is 5.13. The van der Waals surface area contributed by atoms with Crippen LogP contribution in [0.4, 0.5) is 0 Å². The minimum absolute atomic E-state index is 0.122. The molecular formula is C15H24N2O2S. The molecule has 112 valence electrons. The van der Waals surface area contributed by atoms with Gasteiger partial charge in [0.1, 0.15) is 0 Å². The van der Waals surface area contributed by atoms with E-state index < -0.39 is 0 Å². The van der Waals surface area contributed by atoms with E-state index in [9.17, 15) is 4.79 Å². The number of carbonyl (C=O) groups excluding carboxylic acids is 1. The van der Waals surface area contributed by atoms with Gasteiger partial charge in [-0.1, -0.05) is 6.07 Å². The Kier molecular flexibility index (Phi) is 5.57. The molecule has 1 amide bonds. The van der Waals surface area contributed by atoms with Gasteiger partial charge in [0.2, 0.25) is 5.91 Å². The molecule has 5 heteroatoms. The van der Waals surface area contributed by atoms with Gasteiger partial charge in [-0.15, -0.1) is 11.3 Å². The van der Waals surface area contributed by atoms with Gasteiger partial charge >= 0.3 is 0 Å². The molecule has 1 aromatic heterocycles. The summed E-state index contributed by atoms with van der Waals surface area (Å²) in [4.78, 5) is 15.4. The molecule has 0 aromatic carbocycles. The Hall–Kier alpha value is -0.910. The van der Waals surface area contributed by atoms with Gasteiger partial charge in [-0.05, 0) is 38.4 Å². The van der Waals surface area contributed by atoms with Gasteiger partial charge in [0.05, 0.1) is 6.42 Å². The van der Waals surface area contributed by atoms with Crippen LogP contribution in [0.5, 0.6) is 0 Å². The van der Waals surface area contributed by atoms with E-state index in [-0.39, 0.29) is 11.3 Å². The lowest BCUT2D eigenvalue weighted by atomic mass is 9.79. The zero-order valence-corrected chi connectivity index (χ0v) is 13.2. The maximum atomic E-state index is 12.0. The Morgan fingerprint density at radius 3 is 2.80 bits per heavy atom. The zero-order valence-electron chi connectivity index (χ0n) is 12.4. The van der Waals surface area contributed by atoms with E-state index in [1.807, 2.05) is 17.5 Å². The lowest BCUT2D eigenvalue weighted by Gasteiger charge is -2.39. The fraction of sp³-hybridized carbons (Fsp3) is 0.667. The van der Waals surface area contributed by atoms with Crippen molar-refractivity contribution in [3.05, 3.63) is 22.4 Å². The number of nitrogens with zero attached hydrogens (tertiary/aromatic N) is 1. The molecule has 1 saturated heterocycles. The molecule has 4 nitrogen and oxygen atoms in total. The first-order chi connectivity index (χ1) is 9.60. The summed E-state index contributed by atoms with van der Waals surface area (Å²) in [6, 6.07) is 3.99. The number of rotatable bonds is 6. The first-order valence-corrected chi connectivity index (χ1v) is 7.99. The van der Waals surface area contributed by atoms with Crippen molar-refractivity contribution in [1.82, 2.24) is 10.2 Å². The number of carbonyl (C=O) groups is 1. The van der Waals surface area contributed by atoms with Gasteiger partial charge in [0.25, 0.3) is 0 Å². The fourth-order valence-corrected chi connectivity index (χ4v) is 3.49. The predicted octanol–water partition coefficient (Wildman–Crippen LogP) is 1.77. The largest absolute Gasteiger partial charge is 0.381 e. The van der Waals surface area contributed by atoms with Crippen molar-refractivity contribution in [2.75, 3.05) is 40.4 Å². The SMILES string of the molecule is CN(C)CC1(CNC(=O)Cc2cccs2)CCOCC1. The standard InChI is InChI=1S/C15H24N2O2S/c1-17(2)12-15(5-7-19-8-6-15)11-16-14(18)10-13-4-3-9-20-13/h3-4,9H,5-8,10-12H2,1-2H3,(H,16,18). The minimum Gasteiger partial charge on any atom is -0.381 e. The Bertz CT molecular complexity index is 412. The van der Waals surface area contributed by atoms with Crippen molar-refractivity contribution in [3.63, 3.8) is 0 Å². The second-order valence-electron chi connectivity index (χ2n) is 5.88. The number of hydrogen-bond donors (Lipinski definition) is 1. The van der Waals surface area contributed by atoms with E-state index in [1.54, 1.807) is 11.3 Å². The third-order valence-corrected chi connectivity index (χ3v) is 4.66. The van der Waals surface area contributed by atoms with Gasteiger partial charge in [-0.3, -0.25) is 4.79 Å². The highest BCUT2D eigenvalue weighted by atomic mass is 32.1. The van der Waals surface area contributed by atoms with Crippen LogP contribution < -0.4 is 5.32 Å². The molecule has 1 aromatic rings. The van der Waals surface area contributed by atoms with E-state index in [0.29, 0.717) is 6.42 Å². The number of ether oxygens (including phenoxy) is 1. The summed E-state index contributed by atoms with van der Waals surface area (Å²) >= 11 is 1.63. The zero-order chi connectivity index (χ0) is 14.4. The van der Waals surface area contributed by atoms with Gasteiger partial charge in [0, 0.05) is 36.6 Å². The van der Waals surface area contributed by atoms with E-state index in [1.165, 1.54) is 0 Å². The molecule has 1 fully saturated rings. The fourth-order valence-electron chi connectivity index (χ4n) is 2.79. The van der Waals surface area contributed by atoms with Crippen molar-refractivity contribution < 1.29 is 9.53 Å². The molecule has 0 saturated carbocycles. The Balaban J connectivity index is 1.86. The van der Waals surface area contributed by atoms with Crippen molar-refractivity contribution in [1.29, 1.82) is 0 Å². The molecule has 0 unspecified atom stereocenters. The first-order valence-electron chi connectivity index (χ1n) is 7.11. The normalized spacial score (nSPS) is 18.1. The van der Waals surface area contributed by atoms with Crippen LogP contribution in [-0.2, 0) is 16.0 Å². The topological polar surface area (TPSA) is 41.6 Å². The van der Waals surface area contributed by atoms with Crippen LogP contribution in [0.25, 0.3) is 0 Å². The third kappa shape index (κ3) is 4.58. The second-order valence-corrected chi connectivity index (χ2v) is 6.92. The predicted molar refractivity (Wildman–Crippen MR) is 82.1 cm³/mol. The van der Waals surface area contributed by atoms with Crippen molar-refractivity contribution in [2.24, 2.45) is 5.41 Å². The Labute approximate surface area is 125 Å². The molecule has 1 N–H and O–H groups in total. The number of thiophene rings is 1. The van der Waals surface area contributed by atoms with Gasteiger partial charge in [-0.2, -0.15) is 0 Å². The van der Waals surface area contributed by atoms with Crippen LogP contribution in [-0.4, -0.2) is 51.2 Å².